The van der Waals surface area contributed by atoms with Crippen molar-refractivity contribution in [3.8, 4) is 5.75 Å². The molecule has 1 atom stereocenters. The molecule has 5 nitrogen and oxygen atoms in total. The largest absolute Gasteiger partial charge is 0.490 e. The summed E-state index contributed by atoms with van der Waals surface area (Å²) in [7, 11) is 0. The van der Waals surface area contributed by atoms with Gasteiger partial charge in [-0.05, 0) is 29.7 Å². The zero-order chi connectivity index (χ0) is 18.8. The van der Waals surface area contributed by atoms with E-state index in [1.165, 1.54) is 10.9 Å². The molecule has 1 N–H and O–H groups in total. The number of hydrogen-bond donors (Lipinski definition) is 1. The Labute approximate surface area is 160 Å². The van der Waals surface area contributed by atoms with E-state index in [9.17, 15) is 9.90 Å². The fourth-order valence-corrected chi connectivity index (χ4v) is 3.22. The number of nitrogens with zero attached hydrogens (tertiary/aromatic N) is 2. The number of fused-ring (bicyclic) bond motifs is 2. The first-order valence-electron chi connectivity index (χ1n) is 8.55. The second-order valence-electron chi connectivity index (χ2n) is 6.31. The van der Waals surface area contributed by atoms with E-state index in [4.69, 9.17) is 16.3 Å². The molecule has 4 rings (SSSR count). The molecule has 0 saturated heterocycles. The highest BCUT2D eigenvalue weighted by atomic mass is 35.5. The van der Waals surface area contributed by atoms with Gasteiger partial charge in [-0.3, -0.25) is 9.36 Å². The predicted molar refractivity (Wildman–Crippen MR) is 106 cm³/mol. The molecule has 0 aliphatic rings. The van der Waals surface area contributed by atoms with E-state index in [0.29, 0.717) is 21.7 Å². The molecule has 4 aromatic rings. The minimum absolute atomic E-state index is 0.0686. The average molecular weight is 381 g/mol. The number of rotatable bonds is 5. The van der Waals surface area contributed by atoms with E-state index in [1.807, 2.05) is 42.5 Å². The number of aliphatic hydroxyl groups is 1. The summed E-state index contributed by atoms with van der Waals surface area (Å²) in [4.78, 5) is 16.8. The van der Waals surface area contributed by atoms with Gasteiger partial charge >= 0.3 is 0 Å². The molecule has 0 saturated carbocycles. The van der Waals surface area contributed by atoms with Gasteiger partial charge in [0.1, 0.15) is 18.5 Å². The smallest absolute Gasteiger partial charge is 0.261 e. The molecule has 0 fully saturated rings. The number of hydrogen-bond acceptors (Lipinski definition) is 4. The maximum atomic E-state index is 12.6. The van der Waals surface area contributed by atoms with Gasteiger partial charge in [-0.1, -0.05) is 48.0 Å². The van der Waals surface area contributed by atoms with Crippen LogP contribution < -0.4 is 10.3 Å². The van der Waals surface area contributed by atoms with Crippen molar-refractivity contribution in [2.75, 3.05) is 6.61 Å². The maximum absolute atomic E-state index is 12.6. The van der Waals surface area contributed by atoms with Gasteiger partial charge in [0.2, 0.25) is 0 Å². The zero-order valence-electron chi connectivity index (χ0n) is 14.4. The maximum Gasteiger partial charge on any atom is 0.261 e. The quantitative estimate of drug-likeness (QED) is 0.574. The van der Waals surface area contributed by atoms with E-state index < -0.39 is 6.10 Å². The second kappa shape index (κ2) is 7.39. The summed E-state index contributed by atoms with van der Waals surface area (Å²) in [5.41, 5.74) is 0.311. The van der Waals surface area contributed by atoms with Crippen LogP contribution in [-0.2, 0) is 6.54 Å². The Balaban J connectivity index is 1.50. The molecule has 0 unspecified atom stereocenters. The molecule has 0 radical (unpaired) electrons. The fraction of sp³-hybridized carbons (Fsp3) is 0.143. The van der Waals surface area contributed by atoms with Crippen molar-refractivity contribution in [2.24, 2.45) is 0 Å². The standard InChI is InChI=1S/C21H17ClN2O3/c22-15-8-9-18-19(10-15)23-13-24(21(18)26)11-16(25)12-27-20-7-3-5-14-4-1-2-6-17(14)20/h1-10,13,16,25H,11-12H2/t16-/m1/s1. The minimum Gasteiger partial charge on any atom is -0.490 e. The first kappa shape index (κ1) is 17.5. The summed E-state index contributed by atoms with van der Waals surface area (Å²) in [6, 6.07) is 18.6. The van der Waals surface area contributed by atoms with Gasteiger partial charge in [0.25, 0.3) is 5.56 Å². The summed E-state index contributed by atoms with van der Waals surface area (Å²) in [5, 5.41) is 13.4. The van der Waals surface area contributed by atoms with Crippen LogP contribution in [0, 0.1) is 0 Å². The first-order chi connectivity index (χ1) is 13.1. The van der Waals surface area contributed by atoms with Crippen LogP contribution in [0.5, 0.6) is 5.75 Å². The van der Waals surface area contributed by atoms with Gasteiger partial charge in [-0.2, -0.15) is 0 Å². The Kier molecular flexibility index (Phi) is 4.79. The van der Waals surface area contributed by atoms with Crippen molar-refractivity contribution in [1.82, 2.24) is 9.55 Å². The lowest BCUT2D eigenvalue weighted by molar-refractivity contribution is 0.0922. The molecule has 0 spiro atoms. The van der Waals surface area contributed by atoms with E-state index in [2.05, 4.69) is 4.98 Å². The van der Waals surface area contributed by atoms with Gasteiger partial charge in [0.05, 0.1) is 23.8 Å². The van der Waals surface area contributed by atoms with E-state index >= 15 is 0 Å². The van der Waals surface area contributed by atoms with Gasteiger partial charge in [0, 0.05) is 10.4 Å². The van der Waals surface area contributed by atoms with Crippen LogP contribution in [0.25, 0.3) is 21.7 Å². The molecule has 27 heavy (non-hydrogen) atoms. The van der Waals surface area contributed by atoms with Gasteiger partial charge in [-0.15, -0.1) is 0 Å². The Bertz CT molecular complexity index is 1170. The molecular formula is C21H17ClN2O3. The van der Waals surface area contributed by atoms with E-state index in [-0.39, 0.29) is 18.7 Å². The summed E-state index contributed by atoms with van der Waals surface area (Å²) in [6.45, 7) is 0.161. The first-order valence-corrected chi connectivity index (χ1v) is 8.93. The average Bonchev–Trinajstić information content (AvgIpc) is 2.68. The van der Waals surface area contributed by atoms with Crippen molar-refractivity contribution >= 4 is 33.3 Å². The van der Waals surface area contributed by atoms with Crippen LogP contribution in [0.3, 0.4) is 0 Å². The molecule has 0 bridgehead atoms. The number of halogens is 1. The summed E-state index contributed by atoms with van der Waals surface area (Å²) in [5.74, 6) is 0.700. The Hall–Kier alpha value is -2.89. The number of aromatic nitrogens is 2. The van der Waals surface area contributed by atoms with Gasteiger partial charge < -0.3 is 9.84 Å². The van der Waals surface area contributed by atoms with Crippen molar-refractivity contribution < 1.29 is 9.84 Å². The second-order valence-corrected chi connectivity index (χ2v) is 6.74. The van der Waals surface area contributed by atoms with Crippen molar-refractivity contribution in [3.05, 3.63) is 82.4 Å². The lowest BCUT2D eigenvalue weighted by atomic mass is 10.1. The summed E-state index contributed by atoms with van der Waals surface area (Å²) >= 11 is 5.93. The van der Waals surface area contributed by atoms with E-state index in [1.54, 1.807) is 18.2 Å². The Morgan fingerprint density at radius 2 is 1.89 bits per heavy atom. The number of ether oxygens (including phenoxy) is 1. The van der Waals surface area contributed by atoms with Crippen molar-refractivity contribution in [2.45, 2.75) is 12.6 Å². The van der Waals surface area contributed by atoms with E-state index in [0.717, 1.165) is 10.8 Å². The Morgan fingerprint density at radius 1 is 1.07 bits per heavy atom. The van der Waals surface area contributed by atoms with Crippen LogP contribution in [0.4, 0.5) is 0 Å². The molecule has 0 aliphatic carbocycles. The molecular weight excluding hydrogens is 364 g/mol. The predicted octanol–water partition coefficient (Wildman–Crippen LogP) is 3.64. The normalized spacial score (nSPS) is 12.4. The third-order valence-electron chi connectivity index (χ3n) is 4.38. The highest BCUT2D eigenvalue weighted by Crippen LogP contribution is 2.25. The highest BCUT2D eigenvalue weighted by molar-refractivity contribution is 6.31. The zero-order valence-corrected chi connectivity index (χ0v) is 15.1. The lowest BCUT2D eigenvalue weighted by Crippen LogP contribution is -2.30. The minimum atomic E-state index is -0.854. The van der Waals surface area contributed by atoms with Gasteiger partial charge in [0.15, 0.2) is 0 Å². The SMILES string of the molecule is O=c1c2ccc(Cl)cc2ncn1C[C@@H](O)COc1cccc2ccccc12. The molecule has 1 aromatic heterocycles. The topological polar surface area (TPSA) is 64.4 Å². The molecule has 0 aliphatic heterocycles. The van der Waals surface area contributed by atoms with Crippen LogP contribution in [0.15, 0.2) is 71.8 Å². The van der Waals surface area contributed by atoms with Crippen LogP contribution in [-0.4, -0.2) is 27.4 Å². The molecule has 3 aromatic carbocycles. The molecule has 6 heteroatoms. The fourth-order valence-electron chi connectivity index (χ4n) is 3.05. The number of aliphatic hydroxyl groups excluding tert-OH is 1. The Morgan fingerprint density at radius 3 is 2.78 bits per heavy atom. The van der Waals surface area contributed by atoms with Crippen LogP contribution in [0.1, 0.15) is 0 Å². The highest BCUT2D eigenvalue weighted by Gasteiger charge is 2.11. The monoisotopic (exact) mass is 380 g/mol. The third-order valence-corrected chi connectivity index (χ3v) is 4.61. The van der Waals surface area contributed by atoms with Crippen LogP contribution >= 0.6 is 11.6 Å². The number of benzene rings is 3. The van der Waals surface area contributed by atoms with Crippen molar-refractivity contribution in [3.63, 3.8) is 0 Å². The summed E-state index contributed by atoms with van der Waals surface area (Å²) in [6.07, 6.45) is 0.565. The molecule has 136 valence electrons. The summed E-state index contributed by atoms with van der Waals surface area (Å²) < 4.78 is 7.18. The lowest BCUT2D eigenvalue weighted by Gasteiger charge is -2.15. The molecule has 0 amide bonds. The van der Waals surface area contributed by atoms with Gasteiger partial charge in [-0.25, -0.2) is 4.98 Å². The van der Waals surface area contributed by atoms with Crippen molar-refractivity contribution in [1.29, 1.82) is 0 Å². The molecule has 1 heterocycles. The third kappa shape index (κ3) is 3.65. The van der Waals surface area contributed by atoms with Crippen LogP contribution in [0.2, 0.25) is 5.02 Å².